The number of nitro benzene ring substituents is 1. The summed E-state index contributed by atoms with van der Waals surface area (Å²) in [5.41, 5.74) is 2.50. The largest absolute Gasteiger partial charge is 0.455 e. The van der Waals surface area contributed by atoms with E-state index < -0.39 is 23.4 Å². The van der Waals surface area contributed by atoms with Crippen LogP contribution in [0.5, 0.6) is 0 Å². The van der Waals surface area contributed by atoms with E-state index in [9.17, 15) is 24.5 Å². The lowest BCUT2D eigenvalue weighted by Gasteiger charge is -2.18. The first-order chi connectivity index (χ1) is 14.2. The minimum absolute atomic E-state index is 0.193. The number of benzene rings is 2. The predicted molar refractivity (Wildman–Crippen MR) is 110 cm³/mol. The molecule has 0 saturated carbocycles. The summed E-state index contributed by atoms with van der Waals surface area (Å²) in [5.74, 6) is -1.72. The van der Waals surface area contributed by atoms with Gasteiger partial charge in [-0.1, -0.05) is 36.4 Å². The van der Waals surface area contributed by atoms with Crippen LogP contribution in [0.15, 0.2) is 42.5 Å². The monoisotopic (exact) mass is 413 g/mol. The molecular weight excluding hydrogens is 390 g/mol. The molecule has 0 aliphatic heterocycles. The van der Waals surface area contributed by atoms with Crippen LogP contribution in [0.25, 0.3) is 0 Å². The normalized spacial score (nSPS) is 10.2. The van der Waals surface area contributed by atoms with E-state index in [4.69, 9.17) is 4.74 Å². The van der Waals surface area contributed by atoms with Crippen LogP contribution in [-0.4, -0.2) is 47.8 Å². The third-order valence-electron chi connectivity index (χ3n) is 4.43. The highest BCUT2D eigenvalue weighted by Crippen LogP contribution is 2.19. The third kappa shape index (κ3) is 6.13. The minimum atomic E-state index is -0.772. The number of ether oxygens (including phenoxy) is 1. The second kappa shape index (κ2) is 10.1. The molecule has 2 rings (SSSR count). The molecule has 0 unspecified atom stereocenters. The van der Waals surface area contributed by atoms with Crippen LogP contribution >= 0.6 is 0 Å². The van der Waals surface area contributed by atoms with Crippen molar-refractivity contribution in [3.63, 3.8) is 0 Å². The van der Waals surface area contributed by atoms with Crippen LogP contribution in [0, 0.1) is 24.0 Å². The van der Waals surface area contributed by atoms with Crippen molar-refractivity contribution in [2.45, 2.75) is 20.3 Å². The van der Waals surface area contributed by atoms with Crippen LogP contribution in [0.2, 0.25) is 0 Å². The number of nitro groups is 1. The van der Waals surface area contributed by atoms with E-state index in [0.717, 1.165) is 16.0 Å². The number of rotatable bonds is 8. The molecule has 0 aliphatic carbocycles. The van der Waals surface area contributed by atoms with Crippen LogP contribution in [-0.2, 0) is 25.5 Å². The number of hydrogen-bond donors (Lipinski definition) is 1. The number of anilines is 1. The lowest BCUT2D eigenvalue weighted by molar-refractivity contribution is -0.385. The molecule has 9 heteroatoms. The van der Waals surface area contributed by atoms with Crippen molar-refractivity contribution in [1.29, 1.82) is 0 Å². The van der Waals surface area contributed by atoms with Crippen molar-refractivity contribution in [1.82, 2.24) is 4.90 Å². The Labute approximate surface area is 173 Å². The number of para-hydroxylation sites is 2. The molecule has 0 spiro atoms. The Hall–Kier alpha value is -3.75. The lowest BCUT2D eigenvalue weighted by Crippen LogP contribution is -2.37. The molecule has 2 amide bonds. The SMILES string of the molecule is Cc1cccc(C)c1NC(=O)CN(C)C(=O)COC(=O)Cc1ccccc1[N+](=O)[O-]. The zero-order valence-corrected chi connectivity index (χ0v) is 17.0. The summed E-state index contributed by atoms with van der Waals surface area (Å²) in [5, 5.41) is 13.8. The van der Waals surface area contributed by atoms with Crippen molar-refractivity contribution in [3.05, 3.63) is 69.3 Å². The second-order valence-corrected chi connectivity index (χ2v) is 6.79. The van der Waals surface area contributed by atoms with Crippen LogP contribution in [0.3, 0.4) is 0 Å². The molecule has 0 aliphatic rings. The summed E-state index contributed by atoms with van der Waals surface area (Å²) in [6, 6.07) is 11.4. The van der Waals surface area contributed by atoms with E-state index in [0.29, 0.717) is 5.69 Å². The fraction of sp³-hybridized carbons (Fsp3) is 0.286. The number of hydrogen-bond acceptors (Lipinski definition) is 6. The number of esters is 1. The molecule has 0 atom stereocenters. The molecule has 0 aromatic heterocycles. The van der Waals surface area contributed by atoms with Crippen molar-refractivity contribution in [3.8, 4) is 0 Å². The van der Waals surface area contributed by atoms with E-state index >= 15 is 0 Å². The number of carbonyl (C=O) groups is 3. The lowest BCUT2D eigenvalue weighted by atomic mass is 10.1. The van der Waals surface area contributed by atoms with Gasteiger partial charge in [-0.05, 0) is 25.0 Å². The molecule has 9 nitrogen and oxygen atoms in total. The Bertz CT molecular complexity index is 953. The summed E-state index contributed by atoms with van der Waals surface area (Å²) >= 11 is 0. The molecule has 0 radical (unpaired) electrons. The maximum atomic E-state index is 12.2. The van der Waals surface area contributed by atoms with Gasteiger partial charge in [-0.2, -0.15) is 0 Å². The standard InChI is InChI=1S/C21H23N3O6/c1-14-7-6-8-15(2)21(14)22-18(25)12-23(3)19(26)13-30-20(27)11-16-9-4-5-10-17(16)24(28)29/h4-10H,11-13H2,1-3H3,(H,22,25). The van der Waals surface area contributed by atoms with Gasteiger partial charge >= 0.3 is 5.97 Å². The van der Waals surface area contributed by atoms with E-state index in [1.807, 2.05) is 32.0 Å². The summed E-state index contributed by atoms with van der Waals surface area (Å²) < 4.78 is 4.92. The maximum Gasteiger partial charge on any atom is 0.311 e. The second-order valence-electron chi connectivity index (χ2n) is 6.79. The number of likely N-dealkylation sites (N-methyl/N-ethyl adjacent to an activating group) is 1. The van der Waals surface area contributed by atoms with Gasteiger partial charge in [-0.3, -0.25) is 24.5 Å². The highest BCUT2D eigenvalue weighted by molar-refractivity contribution is 5.96. The molecule has 0 fully saturated rings. The fourth-order valence-electron chi connectivity index (χ4n) is 2.79. The van der Waals surface area contributed by atoms with Crippen molar-refractivity contribution < 1.29 is 24.0 Å². The van der Waals surface area contributed by atoms with Gasteiger partial charge in [0, 0.05) is 24.4 Å². The van der Waals surface area contributed by atoms with Crippen LogP contribution < -0.4 is 5.32 Å². The summed E-state index contributed by atoms with van der Waals surface area (Å²) in [6.07, 6.45) is -0.332. The van der Waals surface area contributed by atoms with Gasteiger partial charge in [0.05, 0.1) is 17.9 Å². The quantitative estimate of drug-likeness (QED) is 0.403. The number of nitrogens with zero attached hydrogens (tertiary/aromatic N) is 2. The number of aryl methyl sites for hydroxylation is 2. The van der Waals surface area contributed by atoms with Crippen molar-refractivity contribution in [2.75, 3.05) is 25.5 Å². The van der Waals surface area contributed by atoms with Gasteiger partial charge in [-0.25, -0.2) is 0 Å². The highest BCUT2D eigenvalue weighted by atomic mass is 16.6. The van der Waals surface area contributed by atoms with E-state index in [1.54, 1.807) is 6.07 Å². The van der Waals surface area contributed by atoms with Crippen molar-refractivity contribution in [2.24, 2.45) is 0 Å². The summed E-state index contributed by atoms with van der Waals surface area (Å²) in [4.78, 5) is 47.9. The molecule has 158 valence electrons. The zero-order valence-electron chi connectivity index (χ0n) is 17.0. The first kappa shape index (κ1) is 22.5. The van der Waals surface area contributed by atoms with Gasteiger partial charge in [0.2, 0.25) is 5.91 Å². The average molecular weight is 413 g/mol. The smallest absolute Gasteiger partial charge is 0.311 e. The molecular formula is C21H23N3O6. The Kier molecular flexibility index (Phi) is 7.62. The predicted octanol–water partition coefficient (Wildman–Crippen LogP) is 2.39. The van der Waals surface area contributed by atoms with Crippen molar-refractivity contribution >= 4 is 29.2 Å². The summed E-state index contributed by atoms with van der Waals surface area (Å²) in [6.45, 7) is 2.96. The first-order valence-corrected chi connectivity index (χ1v) is 9.17. The molecule has 0 bridgehead atoms. The molecule has 0 saturated heterocycles. The Balaban J connectivity index is 1.85. The Morgan fingerprint density at radius 2 is 1.70 bits per heavy atom. The number of amides is 2. The molecule has 1 N–H and O–H groups in total. The minimum Gasteiger partial charge on any atom is -0.455 e. The summed E-state index contributed by atoms with van der Waals surface area (Å²) in [7, 11) is 1.42. The molecule has 2 aromatic carbocycles. The van der Waals surface area contributed by atoms with Gasteiger partial charge in [0.25, 0.3) is 11.6 Å². The van der Waals surface area contributed by atoms with E-state index in [2.05, 4.69) is 5.32 Å². The number of nitrogens with one attached hydrogen (secondary N) is 1. The fourth-order valence-corrected chi connectivity index (χ4v) is 2.79. The highest BCUT2D eigenvalue weighted by Gasteiger charge is 2.19. The zero-order chi connectivity index (χ0) is 22.3. The van der Waals surface area contributed by atoms with Gasteiger partial charge in [0.15, 0.2) is 6.61 Å². The van der Waals surface area contributed by atoms with Gasteiger partial charge < -0.3 is 15.0 Å². The number of carbonyl (C=O) groups excluding carboxylic acids is 3. The molecule has 30 heavy (non-hydrogen) atoms. The van der Waals surface area contributed by atoms with E-state index in [1.165, 1.54) is 25.2 Å². The van der Waals surface area contributed by atoms with E-state index in [-0.39, 0.29) is 30.1 Å². The first-order valence-electron chi connectivity index (χ1n) is 9.17. The maximum absolute atomic E-state index is 12.2. The molecule has 2 aromatic rings. The van der Waals surface area contributed by atoms with Gasteiger partial charge in [-0.15, -0.1) is 0 Å². The van der Waals surface area contributed by atoms with Crippen LogP contribution in [0.1, 0.15) is 16.7 Å². The Morgan fingerprint density at radius 3 is 2.33 bits per heavy atom. The molecule has 0 heterocycles. The Morgan fingerprint density at radius 1 is 1.07 bits per heavy atom. The van der Waals surface area contributed by atoms with Crippen LogP contribution in [0.4, 0.5) is 11.4 Å². The average Bonchev–Trinajstić information content (AvgIpc) is 2.69. The third-order valence-corrected chi connectivity index (χ3v) is 4.43. The topological polar surface area (TPSA) is 119 Å². The van der Waals surface area contributed by atoms with Gasteiger partial charge in [0.1, 0.15) is 0 Å².